The molecular formula is C10H7BrFN3O. The molecule has 1 aromatic heterocycles. The smallest absolute Gasteiger partial charge is 0.322 e. The third-order valence-electron chi connectivity index (χ3n) is 1.77. The molecular weight excluding hydrogens is 277 g/mol. The normalized spacial score (nSPS) is 10.1. The van der Waals surface area contributed by atoms with Crippen LogP contribution in [0.3, 0.4) is 0 Å². The third kappa shape index (κ3) is 2.46. The van der Waals surface area contributed by atoms with Gasteiger partial charge in [0.2, 0.25) is 0 Å². The minimum atomic E-state index is -0.429. The molecule has 0 unspecified atom stereocenters. The Balaban J connectivity index is 2.26. The summed E-state index contributed by atoms with van der Waals surface area (Å²) in [7, 11) is 0. The molecule has 0 aliphatic carbocycles. The number of benzene rings is 1. The predicted octanol–water partition coefficient (Wildman–Crippen LogP) is 2.75. The maximum Gasteiger partial charge on any atom is 0.322 e. The summed E-state index contributed by atoms with van der Waals surface area (Å²) in [4.78, 5) is 7.77. The van der Waals surface area contributed by atoms with Gasteiger partial charge in [0.25, 0.3) is 0 Å². The number of anilines is 1. The quantitative estimate of drug-likeness (QED) is 0.861. The van der Waals surface area contributed by atoms with Crippen molar-refractivity contribution >= 4 is 21.6 Å². The average molecular weight is 284 g/mol. The third-order valence-corrected chi connectivity index (χ3v) is 2.18. The van der Waals surface area contributed by atoms with Crippen molar-refractivity contribution in [2.24, 2.45) is 0 Å². The van der Waals surface area contributed by atoms with Gasteiger partial charge >= 0.3 is 6.01 Å². The van der Waals surface area contributed by atoms with E-state index < -0.39 is 5.82 Å². The zero-order valence-electron chi connectivity index (χ0n) is 8.02. The summed E-state index contributed by atoms with van der Waals surface area (Å²) < 4.78 is 18.9. The zero-order chi connectivity index (χ0) is 11.5. The second-order valence-corrected chi connectivity index (χ2v) is 3.88. The molecule has 4 nitrogen and oxygen atoms in total. The molecule has 0 radical (unpaired) electrons. The summed E-state index contributed by atoms with van der Waals surface area (Å²) in [5, 5.41) is 0. The average Bonchev–Trinajstić information content (AvgIpc) is 2.27. The lowest BCUT2D eigenvalue weighted by Crippen LogP contribution is -1.95. The molecule has 2 N–H and O–H groups in total. The Kier molecular flexibility index (Phi) is 3.00. The fourth-order valence-electron chi connectivity index (χ4n) is 1.05. The molecule has 0 fully saturated rings. The first-order valence-corrected chi connectivity index (χ1v) is 5.15. The van der Waals surface area contributed by atoms with Crippen LogP contribution in [0.25, 0.3) is 0 Å². The van der Waals surface area contributed by atoms with Crippen molar-refractivity contribution in [2.45, 2.75) is 0 Å². The highest BCUT2D eigenvalue weighted by Gasteiger charge is 2.05. The lowest BCUT2D eigenvalue weighted by Gasteiger charge is -2.06. The van der Waals surface area contributed by atoms with Crippen molar-refractivity contribution in [2.75, 3.05) is 5.73 Å². The Morgan fingerprint density at radius 2 is 1.94 bits per heavy atom. The summed E-state index contributed by atoms with van der Waals surface area (Å²) >= 11 is 3.19. The topological polar surface area (TPSA) is 61.0 Å². The van der Waals surface area contributed by atoms with Crippen LogP contribution in [0.1, 0.15) is 0 Å². The number of hydrogen-bond donors (Lipinski definition) is 1. The largest absolute Gasteiger partial charge is 0.422 e. The van der Waals surface area contributed by atoms with Crippen LogP contribution in [0.2, 0.25) is 0 Å². The Hall–Kier alpha value is -1.69. The van der Waals surface area contributed by atoms with Gasteiger partial charge in [0.05, 0.1) is 10.2 Å². The van der Waals surface area contributed by atoms with Gasteiger partial charge in [-0.2, -0.15) is 0 Å². The molecule has 0 amide bonds. The minimum Gasteiger partial charge on any atom is -0.422 e. The van der Waals surface area contributed by atoms with Gasteiger partial charge in [-0.15, -0.1) is 0 Å². The molecule has 0 atom stereocenters. The fourth-order valence-corrected chi connectivity index (χ4v) is 1.25. The van der Waals surface area contributed by atoms with Crippen LogP contribution in [-0.2, 0) is 0 Å². The Morgan fingerprint density at radius 3 is 2.62 bits per heavy atom. The van der Waals surface area contributed by atoms with Gasteiger partial charge in [0.15, 0.2) is 5.75 Å². The number of aromatic nitrogens is 2. The zero-order valence-corrected chi connectivity index (χ0v) is 9.61. The van der Waals surface area contributed by atoms with E-state index in [0.717, 1.165) is 4.47 Å². The van der Waals surface area contributed by atoms with E-state index in [4.69, 9.17) is 10.5 Å². The number of nitrogens with two attached hydrogens (primary N) is 1. The van der Waals surface area contributed by atoms with Crippen molar-refractivity contribution in [3.8, 4) is 11.8 Å². The van der Waals surface area contributed by atoms with Gasteiger partial charge in [-0.1, -0.05) is 0 Å². The van der Waals surface area contributed by atoms with Crippen LogP contribution in [0.5, 0.6) is 11.8 Å². The van der Waals surface area contributed by atoms with E-state index >= 15 is 0 Å². The van der Waals surface area contributed by atoms with Gasteiger partial charge in [-0.3, -0.25) is 0 Å². The molecule has 0 aliphatic heterocycles. The van der Waals surface area contributed by atoms with Gasteiger partial charge < -0.3 is 10.5 Å². The van der Waals surface area contributed by atoms with Crippen molar-refractivity contribution in [3.63, 3.8) is 0 Å². The fraction of sp³-hybridized carbons (Fsp3) is 0. The maximum absolute atomic E-state index is 12.9. The predicted molar refractivity (Wildman–Crippen MR) is 60.6 cm³/mol. The lowest BCUT2D eigenvalue weighted by molar-refractivity contribution is 0.439. The molecule has 1 heterocycles. The van der Waals surface area contributed by atoms with E-state index in [2.05, 4.69) is 25.9 Å². The number of hydrogen-bond acceptors (Lipinski definition) is 4. The number of halogens is 2. The van der Waals surface area contributed by atoms with Crippen LogP contribution in [0.4, 0.5) is 10.1 Å². The lowest BCUT2D eigenvalue weighted by atomic mass is 10.3. The first-order chi connectivity index (χ1) is 7.65. The highest BCUT2D eigenvalue weighted by molar-refractivity contribution is 9.10. The molecule has 16 heavy (non-hydrogen) atoms. The number of ether oxygens (including phenoxy) is 1. The molecule has 1 aromatic carbocycles. The Labute approximate surface area is 99.4 Å². The van der Waals surface area contributed by atoms with Crippen LogP contribution >= 0.6 is 15.9 Å². The van der Waals surface area contributed by atoms with Crippen LogP contribution in [0.15, 0.2) is 35.1 Å². The van der Waals surface area contributed by atoms with Crippen LogP contribution < -0.4 is 10.5 Å². The van der Waals surface area contributed by atoms with E-state index in [1.807, 2.05) is 0 Å². The highest BCUT2D eigenvalue weighted by atomic mass is 79.9. The van der Waals surface area contributed by atoms with Gasteiger partial charge in [0.1, 0.15) is 5.82 Å². The molecule has 2 rings (SSSR count). The van der Waals surface area contributed by atoms with Crippen molar-refractivity contribution in [3.05, 3.63) is 40.9 Å². The maximum atomic E-state index is 12.9. The SMILES string of the molecule is Nc1ccc(F)cc1Oc1ncc(Br)cn1. The second kappa shape index (κ2) is 4.44. The van der Waals surface area contributed by atoms with Crippen LogP contribution in [0, 0.1) is 5.82 Å². The van der Waals surface area contributed by atoms with E-state index in [9.17, 15) is 4.39 Å². The first kappa shape index (κ1) is 10.8. The Bertz CT molecular complexity index is 504. The Morgan fingerprint density at radius 1 is 1.25 bits per heavy atom. The molecule has 0 saturated carbocycles. The van der Waals surface area contributed by atoms with Gasteiger partial charge in [0, 0.05) is 18.5 Å². The summed E-state index contributed by atoms with van der Waals surface area (Å²) in [5.74, 6) is -0.233. The van der Waals surface area contributed by atoms with E-state index in [1.165, 1.54) is 30.6 Å². The number of rotatable bonds is 2. The van der Waals surface area contributed by atoms with Crippen molar-refractivity contribution < 1.29 is 9.13 Å². The first-order valence-electron chi connectivity index (χ1n) is 4.35. The summed E-state index contributed by atoms with van der Waals surface area (Å²) in [6.45, 7) is 0. The van der Waals surface area contributed by atoms with E-state index in [1.54, 1.807) is 0 Å². The van der Waals surface area contributed by atoms with E-state index in [-0.39, 0.29) is 11.8 Å². The molecule has 0 saturated heterocycles. The van der Waals surface area contributed by atoms with Gasteiger partial charge in [-0.25, -0.2) is 14.4 Å². The molecule has 2 aromatic rings. The van der Waals surface area contributed by atoms with Crippen molar-refractivity contribution in [1.82, 2.24) is 9.97 Å². The summed E-state index contributed by atoms with van der Waals surface area (Å²) in [6, 6.07) is 3.97. The summed E-state index contributed by atoms with van der Waals surface area (Å²) in [5.41, 5.74) is 5.94. The summed E-state index contributed by atoms with van der Waals surface area (Å²) in [6.07, 6.45) is 3.05. The minimum absolute atomic E-state index is 0.112. The van der Waals surface area contributed by atoms with Crippen LogP contribution in [-0.4, -0.2) is 9.97 Å². The standard InChI is InChI=1S/C10H7BrFN3O/c11-6-4-14-10(15-5-6)16-9-3-7(12)1-2-8(9)13/h1-5H,13H2. The second-order valence-electron chi connectivity index (χ2n) is 2.97. The number of nitrogens with zero attached hydrogens (tertiary/aromatic N) is 2. The van der Waals surface area contributed by atoms with E-state index in [0.29, 0.717) is 5.69 Å². The highest BCUT2D eigenvalue weighted by Crippen LogP contribution is 2.26. The van der Waals surface area contributed by atoms with Gasteiger partial charge in [-0.05, 0) is 28.1 Å². The molecule has 6 heteroatoms. The van der Waals surface area contributed by atoms with Crippen molar-refractivity contribution in [1.29, 1.82) is 0 Å². The monoisotopic (exact) mass is 283 g/mol. The molecule has 0 aliphatic rings. The molecule has 82 valence electrons. The molecule has 0 bridgehead atoms. The number of nitrogen functional groups attached to an aromatic ring is 1. The molecule has 0 spiro atoms.